The van der Waals surface area contributed by atoms with Crippen LogP contribution in [0.2, 0.25) is 0 Å². The minimum Gasteiger partial charge on any atom is -0.375 e. The second kappa shape index (κ2) is 6.60. The van der Waals surface area contributed by atoms with Crippen molar-refractivity contribution in [2.45, 2.75) is 18.9 Å². The number of hydrogen-bond acceptors (Lipinski definition) is 5. The molecular formula is C21H20N4O2S. The molecule has 0 saturated carbocycles. The van der Waals surface area contributed by atoms with Crippen molar-refractivity contribution in [2.75, 3.05) is 18.8 Å². The highest BCUT2D eigenvalue weighted by atomic mass is 32.1. The predicted molar refractivity (Wildman–Crippen MR) is 109 cm³/mol. The van der Waals surface area contributed by atoms with Gasteiger partial charge in [0, 0.05) is 37.3 Å². The molecule has 0 spiro atoms. The zero-order chi connectivity index (χ0) is 19.3. The van der Waals surface area contributed by atoms with E-state index >= 15 is 0 Å². The summed E-state index contributed by atoms with van der Waals surface area (Å²) in [5.74, 6) is 0.442. The van der Waals surface area contributed by atoms with Crippen molar-refractivity contribution < 1.29 is 4.79 Å². The molecule has 3 aromatic rings. The van der Waals surface area contributed by atoms with E-state index in [1.54, 1.807) is 12.3 Å². The summed E-state index contributed by atoms with van der Waals surface area (Å²) in [6, 6.07) is 13.8. The Morgan fingerprint density at radius 2 is 1.93 bits per heavy atom. The monoisotopic (exact) mass is 392 g/mol. The van der Waals surface area contributed by atoms with Gasteiger partial charge < -0.3 is 15.2 Å². The van der Waals surface area contributed by atoms with Gasteiger partial charge in [-0.25, -0.2) is 4.98 Å². The van der Waals surface area contributed by atoms with Crippen molar-refractivity contribution in [3.63, 3.8) is 0 Å². The second-order valence-electron chi connectivity index (χ2n) is 7.56. The number of carbonyl (C=O) groups is 1. The van der Waals surface area contributed by atoms with Gasteiger partial charge in [-0.15, -0.1) is 0 Å². The van der Waals surface area contributed by atoms with Crippen molar-refractivity contribution in [3.8, 4) is 11.1 Å². The third-order valence-electron chi connectivity index (χ3n) is 5.69. The van der Waals surface area contributed by atoms with E-state index in [9.17, 15) is 9.59 Å². The van der Waals surface area contributed by atoms with E-state index in [0.717, 1.165) is 23.2 Å². The van der Waals surface area contributed by atoms with Crippen LogP contribution in [0.1, 0.15) is 27.7 Å². The lowest BCUT2D eigenvalue weighted by molar-refractivity contribution is 0.0599. The van der Waals surface area contributed by atoms with Crippen molar-refractivity contribution >= 4 is 22.4 Å². The molecule has 2 bridgehead atoms. The van der Waals surface area contributed by atoms with E-state index in [1.165, 1.54) is 11.3 Å². The number of rotatable bonds is 2. The first-order valence-electron chi connectivity index (χ1n) is 9.39. The summed E-state index contributed by atoms with van der Waals surface area (Å²) in [6.07, 6.45) is 2.56. The number of nitrogens with zero attached hydrogens (tertiary/aromatic N) is 3. The van der Waals surface area contributed by atoms with E-state index in [0.29, 0.717) is 35.6 Å². The summed E-state index contributed by atoms with van der Waals surface area (Å²) in [7, 11) is 0. The molecule has 2 atom stereocenters. The number of nitrogen functional groups attached to an aromatic ring is 1. The summed E-state index contributed by atoms with van der Waals surface area (Å²) in [5, 5.41) is 0.407. The van der Waals surface area contributed by atoms with Crippen LogP contribution in [0.4, 0.5) is 5.13 Å². The Bertz CT molecular complexity index is 1110. The van der Waals surface area contributed by atoms with Gasteiger partial charge in [0.05, 0.1) is 6.20 Å². The molecular weight excluding hydrogens is 372 g/mol. The molecule has 1 saturated heterocycles. The Labute approximate surface area is 166 Å². The molecule has 142 valence electrons. The molecule has 7 heteroatoms. The van der Waals surface area contributed by atoms with Crippen molar-refractivity contribution in [3.05, 3.63) is 69.6 Å². The topological polar surface area (TPSA) is 81.2 Å². The molecule has 1 fully saturated rings. The van der Waals surface area contributed by atoms with E-state index in [-0.39, 0.29) is 17.4 Å². The van der Waals surface area contributed by atoms with Crippen LogP contribution in [0.3, 0.4) is 0 Å². The van der Waals surface area contributed by atoms with Gasteiger partial charge in [0.1, 0.15) is 4.88 Å². The number of carbonyl (C=O) groups excluding carboxylic acids is 1. The molecule has 2 aromatic heterocycles. The largest absolute Gasteiger partial charge is 0.375 e. The van der Waals surface area contributed by atoms with Crippen molar-refractivity contribution in [1.82, 2.24) is 14.5 Å². The summed E-state index contributed by atoms with van der Waals surface area (Å²) < 4.78 is 1.90. The number of hydrogen-bond donors (Lipinski definition) is 1. The lowest BCUT2D eigenvalue weighted by atomic mass is 9.82. The van der Waals surface area contributed by atoms with E-state index in [4.69, 9.17) is 5.73 Å². The second-order valence-corrected chi connectivity index (χ2v) is 8.62. The summed E-state index contributed by atoms with van der Waals surface area (Å²) in [5.41, 5.74) is 8.74. The van der Waals surface area contributed by atoms with Crippen LogP contribution in [0.5, 0.6) is 0 Å². The fraction of sp³-hybridized carbons (Fsp3) is 0.286. The van der Waals surface area contributed by atoms with E-state index in [1.807, 2.05) is 39.8 Å². The molecule has 2 aliphatic rings. The SMILES string of the molecule is Nc1ncc(C(=O)N2C[C@@H]3C[C@H](C2)c2cc(-c4ccccc4)cc(=O)n2C3)s1. The fourth-order valence-electron chi connectivity index (χ4n) is 4.46. The number of piperidine rings is 1. The maximum absolute atomic E-state index is 12.9. The van der Waals surface area contributed by atoms with Gasteiger partial charge in [-0.2, -0.15) is 0 Å². The van der Waals surface area contributed by atoms with Crippen LogP contribution in [-0.2, 0) is 6.54 Å². The van der Waals surface area contributed by atoms with E-state index < -0.39 is 0 Å². The first-order chi connectivity index (χ1) is 13.6. The third-order valence-corrected chi connectivity index (χ3v) is 6.50. The maximum Gasteiger partial charge on any atom is 0.265 e. The molecule has 28 heavy (non-hydrogen) atoms. The van der Waals surface area contributed by atoms with E-state index in [2.05, 4.69) is 11.1 Å². The average molecular weight is 392 g/mol. The summed E-state index contributed by atoms with van der Waals surface area (Å²) >= 11 is 1.23. The molecule has 5 rings (SSSR count). The van der Waals surface area contributed by atoms with Gasteiger partial charge in [0.2, 0.25) is 0 Å². The Hall–Kier alpha value is -2.93. The molecule has 0 aliphatic carbocycles. The number of likely N-dealkylation sites (tertiary alicyclic amines) is 1. The van der Waals surface area contributed by atoms with Gasteiger partial charge in [0.15, 0.2) is 5.13 Å². The van der Waals surface area contributed by atoms with Crippen LogP contribution in [0.15, 0.2) is 53.5 Å². The first kappa shape index (κ1) is 17.2. The normalized spacial score (nSPS) is 20.6. The number of thiazole rings is 1. The standard InChI is InChI=1S/C21H20N4O2S/c22-21-23-9-18(28-21)20(27)24-10-13-6-16(12-24)17-7-15(8-19(26)25(17)11-13)14-4-2-1-3-5-14/h1-5,7-9,13,16H,6,10-12H2,(H2,22,23)/t13-,16+/m0/s1. The molecule has 2 aliphatic heterocycles. The number of fused-ring (bicyclic) bond motifs is 4. The summed E-state index contributed by atoms with van der Waals surface area (Å²) in [6.45, 7) is 1.94. The average Bonchev–Trinajstić information content (AvgIpc) is 3.15. The molecule has 6 nitrogen and oxygen atoms in total. The Morgan fingerprint density at radius 1 is 1.11 bits per heavy atom. The van der Waals surface area contributed by atoms with Gasteiger partial charge in [0.25, 0.3) is 11.5 Å². The molecule has 2 N–H and O–H groups in total. The van der Waals surface area contributed by atoms with Gasteiger partial charge >= 0.3 is 0 Å². The molecule has 4 heterocycles. The van der Waals surface area contributed by atoms with Crippen LogP contribution in [-0.4, -0.2) is 33.4 Å². The van der Waals surface area contributed by atoms with Crippen LogP contribution in [0, 0.1) is 5.92 Å². The van der Waals surface area contributed by atoms with Crippen LogP contribution in [0.25, 0.3) is 11.1 Å². The quantitative estimate of drug-likeness (QED) is 0.727. The Kier molecular flexibility index (Phi) is 4.05. The number of nitrogens with two attached hydrogens (primary N) is 1. The number of amides is 1. The van der Waals surface area contributed by atoms with Gasteiger partial charge in [-0.1, -0.05) is 41.7 Å². The smallest absolute Gasteiger partial charge is 0.265 e. The predicted octanol–water partition coefficient (Wildman–Crippen LogP) is 2.81. The van der Waals surface area contributed by atoms with Gasteiger partial charge in [-0.3, -0.25) is 9.59 Å². The highest BCUT2D eigenvalue weighted by Gasteiger charge is 2.37. The molecule has 0 unspecified atom stereocenters. The van der Waals surface area contributed by atoms with Crippen molar-refractivity contribution in [1.29, 1.82) is 0 Å². The fourth-order valence-corrected chi connectivity index (χ4v) is 5.12. The summed E-state index contributed by atoms with van der Waals surface area (Å²) in [4.78, 5) is 32.1. The number of benzene rings is 1. The maximum atomic E-state index is 12.9. The zero-order valence-corrected chi connectivity index (χ0v) is 16.1. The molecule has 0 radical (unpaired) electrons. The van der Waals surface area contributed by atoms with Crippen LogP contribution >= 0.6 is 11.3 Å². The highest BCUT2D eigenvalue weighted by Crippen LogP contribution is 2.37. The van der Waals surface area contributed by atoms with Gasteiger partial charge in [-0.05, 0) is 29.5 Å². The number of aromatic nitrogens is 2. The zero-order valence-electron chi connectivity index (χ0n) is 15.2. The number of pyridine rings is 1. The third kappa shape index (κ3) is 2.92. The van der Waals surface area contributed by atoms with Crippen molar-refractivity contribution in [2.24, 2.45) is 5.92 Å². The Morgan fingerprint density at radius 3 is 2.68 bits per heavy atom. The molecule has 1 aromatic carbocycles. The lowest BCUT2D eigenvalue weighted by Crippen LogP contribution is -2.49. The Balaban J connectivity index is 1.49. The number of anilines is 1. The van der Waals surface area contributed by atoms with Crippen LogP contribution < -0.4 is 11.3 Å². The lowest BCUT2D eigenvalue weighted by Gasteiger charge is -2.42. The highest BCUT2D eigenvalue weighted by molar-refractivity contribution is 7.17. The minimum atomic E-state index is -0.0149. The molecule has 1 amide bonds. The minimum absolute atomic E-state index is 0.0149. The first-order valence-corrected chi connectivity index (χ1v) is 10.2.